The second-order valence-electron chi connectivity index (χ2n) is 13.3. The van der Waals surface area contributed by atoms with Gasteiger partial charge in [0.15, 0.2) is 5.82 Å². The predicted octanol–water partition coefficient (Wildman–Crippen LogP) is 11.0. The summed E-state index contributed by atoms with van der Waals surface area (Å²) in [7, 11) is 0. The van der Waals surface area contributed by atoms with Crippen LogP contribution in [0.25, 0.3) is 11.4 Å². The summed E-state index contributed by atoms with van der Waals surface area (Å²) in [5.41, 5.74) is 2.35. The third-order valence-electron chi connectivity index (χ3n) is 10.0. The lowest BCUT2D eigenvalue weighted by Gasteiger charge is -2.28. The van der Waals surface area contributed by atoms with E-state index >= 15 is 0 Å². The van der Waals surface area contributed by atoms with Crippen LogP contribution in [0.3, 0.4) is 0 Å². The van der Waals surface area contributed by atoms with Crippen LogP contribution in [0.4, 0.5) is 0 Å². The highest BCUT2D eigenvalue weighted by Crippen LogP contribution is 2.35. The summed E-state index contributed by atoms with van der Waals surface area (Å²) in [6, 6.07) is 8.39. The molecule has 3 heteroatoms. The quantitative estimate of drug-likeness (QED) is 0.185. The molecule has 0 spiro atoms. The van der Waals surface area contributed by atoms with Crippen LogP contribution in [0.2, 0.25) is 0 Å². The monoisotopic (exact) mass is 546 g/mol. The Bertz CT molecular complexity index is 908. The first-order chi connectivity index (χ1) is 19.7. The fraction of sp³-hybridized carbons (Fsp3) is 0.730. The number of benzene rings is 1. The van der Waals surface area contributed by atoms with Gasteiger partial charge in [-0.1, -0.05) is 117 Å². The van der Waals surface area contributed by atoms with E-state index in [4.69, 9.17) is 14.7 Å². The van der Waals surface area contributed by atoms with Gasteiger partial charge in [0.2, 0.25) is 0 Å². The SMILES string of the molecule is CCCCCCCC1CCC(CCc2cnc(-c3ccc(OCC4CCC(CCCCC)CC4)cc3)nc2)CC1. The number of aryl methyl sites for hydroxylation is 1. The molecule has 1 aromatic heterocycles. The van der Waals surface area contributed by atoms with Gasteiger partial charge in [-0.05, 0) is 79.2 Å². The molecule has 0 saturated heterocycles. The van der Waals surface area contributed by atoms with E-state index in [0.717, 1.165) is 47.9 Å². The fourth-order valence-electron chi connectivity index (χ4n) is 7.13. The summed E-state index contributed by atoms with van der Waals surface area (Å²) in [4.78, 5) is 9.42. The Morgan fingerprint density at radius 3 is 1.70 bits per heavy atom. The van der Waals surface area contributed by atoms with Crippen LogP contribution in [0.5, 0.6) is 5.75 Å². The number of hydrogen-bond donors (Lipinski definition) is 0. The van der Waals surface area contributed by atoms with Crippen LogP contribution in [-0.4, -0.2) is 16.6 Å². The van der Waals surface area contributed by atoms with Gasteiger partial charge in [0.25, 0.3) is 0 Å². The van der Waals surface area contributed by atoms with Crippen molar-refractivity contribution >= 4 is 0 Å². The van der Waals surface area contributed by atoms with Gasteiger partial charge in [-0.2, -0.15) is 0 Å². The first-order valence-electron chi connectivity index (χ1n) is 17.3. The molecule has 0 unspecified atom stereocenters. The standard InChI is InChI=1S/C37H58N2O/c1-3-5-7-8-10-12-31-13-15-32(16-14-31)19-22-34-27-38-37(39-28-34)35-23-25-36(26-24-35)40-29-33-20-17-30(18-21-33)11-9-6-4-2/h23-28,30-33H,3-22,29H2,1-2H3. The zero-order valence-electron chi connectivity index (χ0n) is 25.9. The van der Waals surface area contributed by atoms with Crippen molar-refractivity contribution in [3.05, 3.63) is 42.2 Å². The van der Waals surface area contributed by atoms with E-state index in [-0.39, 0.29) is 0 Å². The van der Waals surface area contributed by atoms with Crippen molar-refractivity contribution in [1.29, 1.82) is 0 Å². The molecule has 2 fully saturated rings. The van der Waals surface area contributed by atoms with Crippen LogP contribution in [0.15, 0.2) is 36.7 Å². The first-order valence-corrected chi connectivity index (χ1v) is 17.3. The molecule has 2 saturated carbocycles. The molecule has 2 aliphatic carbocycles. The molecule has 2 aliphatic rings. The predicted molar refractivity (Wildman–Crippen MR) is 170 cm³/mol. The van der Waals surface area contributed by atoms with Gasteiger partial charge in [-0.3, -0.25) is 0 Å². The van der Waals surface area contributed by atoms with Crippen molar-refractivity contribution in [3.63, 3.8) is 0 Å². The Labute approximate surface area is 246 Å². The van der Waals surface area contributed by atoms with Crippen molar-refractivity contribution < 1.29 is 4.74 Å². The smallest absolute Gasteiger partial charge is 0.159 e. The van der Waals surface area contributed by atoms with Crippen LogP contribution in [0, 0.1) is 23.7 Å². The highest BCUT2D eigenvalue weighted by molar-refractivity contribution is 5.55. The van der Waals surface area contributed by atoms with Gasteiger partial charge in [0.1, 0.15) is 5.75 Å². The van der Waals surface area contributed by atoms with Gasteiger partial charge in [0.05, 0.1) is 6.61 Å². The number of hydrogen-bond acceptors (Lipinski definition) is 3. The van der Waals surface area contributed by atoms with Crippen LogP contribution in [0.1, 0.15) is 141 Å². The molecule has 40 heavy (non-hydrogen) atoms. The van der Waals surface area contributed by atoms with E-state index in [9.17, 15) is 0 Å². The van der Waals surface area contributed by atoms with Gasteiger partial charge in [-0.15, -0.1) is 0 Å². The Kier molecular flexibility index (Phi) is 13.8. The zero-order valence-corrected chi connectivity index (χ0v) is 25.9. The van der Waals surface area contributed by atoms with Gasteiger partial charge in [-0.25, -0.2) is 9.97 Å². The maximum Gasteiger partial charge on any atom is 0.159 e. The highest BCUT2D eigenvalue weighted by atomic mass is 16.5. The molecule has 2 aromatic rings. The average Bonchev–Trinajstić information content (AvgIpc) is 3.01. The lowest BCUT2D eigenvalue weighted by Crippen LogP contribution is -2.20. The number of rotatable bonds is 17. The normalized spacial score (nSPS) is 23.2. The third kappa shape index (κ3) is 10.8. The minimum atomic E-state index is 0.716. The van der Waals surface area contributed by atoms with Crippen LogP contribution >= 0.6 is 0 Å². The number of unbranched alkanes of at least 4 members (excludes halogenated alkanes) is 6. The third-order valence-corrected chi connectivity index (χ3v) is 10.0. The molecule has 0 amide bonds. The lowest BCUT2D eigenvalue weighted by molar-refractivity contribution is 0.177. The summed E-state index contributed by atoms with van der Waals surface area (Å²) in [6.07, 6.45) is 31.9. The summed E-state index contributed by atoms with van der Waals surface area (Å²) in [6.45, 7) is 5.46. The minimum Gasteiger partial charge on any atom is -0.493 e. The Morgan fingerprint density at radius 2 is 1.10 bits per heavy atom. The van der Waals surface area contributed by atoms with E-state index in [1.165, 1.54) is 128 Å². The number of nitrogens with zero attached hydrogens (tertiary/aromatic N) is 2. The van der Waals surface area contributed by atoms with Gasteiger partial charge >= 0.3 is 0 Å². The van der Waals surface area contributed by atoms with Crippen LogP contribution < -0.4 is 4.74 Å². The second-order valence-corrected chi connectivity index (χ2v) is 13.3. The Morgan fingerprint density at radius 1 is 0.600 bits per heavy atom. The van der Waals surface area contributed by atoms with Crippen molar-refractivity contribution in [2.75, 3.05) is 6.61 Å². The largest absolute Gasteiger partial charge is 0.493 e. The maximum atomic E-state index is 6.18. The van der Waals surface area contributed by atoms with E-state index in [1.54, 1.807) is 0 Å². The number of ether oxygens (including phenoxy) is 1. The molecule has 3 nitrogen and oxygen atoms in total. The van der Waals surface area contributed by atoms with Crippen LogP contribution in [-0.2, 0) is 6.42 Å². The van der Waals surface area contributed by atoms with Crippen molar-refractivity contribution in [3.8, 4) is 17.1 Å². The van der Waals surface area contributed by atoms with Crippen molar-refractivity contribution in [2.24, 2.45) is 23.7 Å². The molecule has 1 heterocycles. The topological polar surface area (TPSA) is 35.0 Å². The molecule has 0 N–H and O–H groups in total. The summed E-state index contributed by atoms with van der Waals surface area (Å²) >= 11 is 0. The van der Waals surface area contributed by atoms with Crippen molar-refractivity contribution in [1.82, 2.24) is 9.97 Å². The molecule has 0 aliphatic heterocycles. The maximum absolute atomic E-state index is 6.18. The highest BCUT2D eigenvalue weighted by Gasteiger charge is 2.22. The van der Waals surface area contributed by atoms with Crippen molar-refractivity contribution in [2.45, 2.75) is 142 Å². The molecule has 0 atom stereocenters. The fourth-order valence-corrected chi connectivity index (χ4v) is 7.13. The minimum absolute atomic E-state index is 0.716. The molecular formula is C37H58N2O. The van der Waals surface area contributed by atoms with Gasteiger partial charge < -0.3 is 4.74 Å². The molecule has 0 radical (unpaired) electrons. The van der Waals surface area contributed by atoms with E-state index in [1.807, 2.05) is 12.4 Å². The molecule has 222 valence electrons. The summed E-state index contributed by atoms with van der Waals surface area (Å²) in [5, 5.41) is 0. The summed E-state index contributed by atoms with van der Waals surface area (Å²) in [5.74, 6) is 5.35. The number of aromatic nitrogens is 2. The zero-order chi connectivity index (χ0) is 27.8. The first kappa shape index (κ1) is 31.0. The lowest BCUT2D eigenvalue weighted by atomic mass is 9.78. The molecule has 4 rings (SSSR count). The van der Waals surface area contributed by atoms with E-state index < -0.39 is 0 Å². The molecule has 0 bridgehead atoms. The Balaban J connectivity index is 1.11. The van der Waals surface area contributed by atoms with E-state index in [2.05, 4.69) is 38.1 Å². The summed E-state index contributed by atoms with van der Waals surface area (Å²) < 4.78 is 6.18. The molecular weight excluding hydrogens is 488 g/mol. The van der Waals surface area contributed by atoms with Gasteiger partial charge in [0, 0.05) is 18.0 Å². The average molecular weight is 547 g/mol. The second kappa shape index (κ2) is 17.8. The Hall–Kier alpha value is -1.90. The van der Waals surface area contributed by atoms with E-state index in [0.29, 0.717) is 5.92 Å². The molecule has 1 aromatic carbocycles.